The van der Waals surface area contributed by atoms with Crippen LogP contribution in [0.15, 0.2) is 36.4 Å². The van der Waals surface area contributed by atoms with Gasteiger partial charge in [0.1, 0.15) is 11.5 Å². The normalized spacial score (nSPS) is 26.5. The Morgan fingerprint density at radius 3 is 2.24 bits per heavy atom. The molecule has 38 heavy (non-hydrogen) atoms. The maximum Gasteiger partial charge on any atom is 0.189 e. The van der Waals surface area contributed by atoms with Crippen LogP contribution in [0, 0.1) is 11.7 Å². The first-order chi connectivity index (χ1) is 18.4. The topological polar surface area (TPSA) is 57.2 Å². The van der Waals surface area contributed by atoms with Gasteiger partial charge in [-0.1, -0.05) is 18.2 Å². The molecule has 0 N–H and O–H groups in total. The molecule has 2 aliphatic heterocycles. The van der Waals surface area contributed by atoms with Crippen LogP contribution >= 0.6 is 0 Å². The first-order valence-corrected chi connectivity index (χ1v) is 13.7. The van der Waals surface area contributed by atoms with Crippen LogP contribution in [0.5, 0.6) is 11.5 Å². The fraction of sp³-hybridized carbons (Fsp3) is 0.567. The van der Waals surface area contributed by atoms with Gasteiger partial charge in [-0.2, -0.15) is 0 Å². The van der Waals surface area contributed by atoms with Gasteiger partial charge in [-0.15, -0.1) is 0 Å². The highest BCUT2D eigenvalue weighted by molar-refractivity contribution is 6.03. The van der Waals surface area contributed by atoms with E-state index in [0.717, 1.165) is 18.4 Å². The first kappa shape index (κ1) is 27.0. The van der Waals surface area contributed by atoms with Crippen LogP contribution in [0.1, 0.15) is 67.4 Å². The number of halogens is 2. The molecule has 2 aromatic carbocycles. The molecule has 2 saturated heterocycles. The van der Waals surface area contributed by atoms with Crippen molar-refractivity contribution in [1.82, 2.24) is 4.90 Å². The summed E-state index contributed by atoms with van der Waals surface area (Å²) in [5, 5.41) is 0. The maximum absolute atomic E-state index is 16.4. The van der Waals surface area contributed by atoms with Crippen LogP contribution in [0.4, 0.5) is 8.78 Å². The molecule has 8 heteroatoms. The Hall–Kier alpha value is -2.55. The molecule has 0 spiro atoms. The number of benzene rings is 2. The molecule has 3 unspecified atom stereocenters. The smallest absolute Gasteiger partial charge is 0.189 e. The monoisotopic (exact) mass is 529 g/mol. The molecule has 2 aromatic rings. The van der Waals surface area contributed by atoms with Crippen LogP contribution in [-0.2, 0) is 22.4 Å². The lowest BCUT2D eigenvalue weighted by atomic mass is 9.79. The summed E-state index contributed by atoms with van der Waals surface area (Å²) >= 11 is 0. The van der Waals surface area contributed by atoms with E-state index < -0.39 is 11.6 Å². The van der Waals surface area contributed by atoms with E-state index >= 15 is 4.39 Å². The van der Waals surface area contributed by atoms with E-state index in [1.165, 1.54) is 6.07 Å². The van der Waals surface area contributed by atoms with Crippen molar-refractivity contribution in [3.8, 4) is 11.5 Å². The molecule has 6 nitrogen and oxygen atoms in total. The summed E-state index contributed by atoms with van der Waals surface area (Å²) in [6.45, 7) is 5.37. The molecule has 206 valence electrons. The molecular formula is C30H37F2NO5. The third-order valence-electron chi connectivity index (χ3n) is 8.17. The lowest BCUT2D eigenvalue weighted by Gasteiger charge is -2.43. The lowest BCUT2D eigenvalue weighted by molar-refractivity contribution is -0.00689. The van der Waals surface area contributed by atoms with Crippen LogP contribution in [0.25, 0.3) is 0 Å². The van der Waals surface area contributed by atoms with Gasteiger partial charge < -0.3 is 18.9 Å². The summed E-state index contributed by atoms with van der Waals surface area (Å²) in [4.78, 5) is 15.7. The van der Waals surface area contributed by atoms with Gasteiger partial charge >= 0.3 is 0 Å². The van der Waals surface area contributed by atoms with E-state index in [2.05, 4.69) is 4.90 Å². The summed E-state index contributed by atoms with van der Waals surface area (Å²) in [5.41, 5.74) is 0.650. The van der Waals surface area contributed by atoms with Crippen molar-refractivity contribution in [1.29, 1.82) is 0 Å². The van der Waals surface area contributed by atoms with Crippen molar-refractivity contribution in [2.24, 2.45) is 5.92 Å². The van der Waals surface area contributed by atoms with Gasteiger partial charge in [0.25, 0.3) is 0 Å². The molecule has 3 aliphatic rings. The number of piperidine rings is 1. The average molecular weight is 530 g/mol. The Morgan fingerprint density at radius 2 is 1.61 bits per heavy atom. The van der Waals surface area contributed by atoms with E-state index in [4.69, 9.17) is 18.9 Å². The zero-order valence-corrected chi connectivity index (χ0v) is 22.2. The SMILES string of the molecule is CCOCOc1cc2c(cc1OCOCC)C(=O)C(CC1(F)CC3CCC(C1)N3Cc1ccccc1F)C2. The van der Waals surface area contributed by atoms with Gasteiger partial charge in [-0.25, -0.2) is 8.78 Å². The molecule has 1 aliphatic carbocycles. The summed E-state index contributed by atoms with van der Waals surface area (Å²) in [5.74, 6) is 0.220. The average Bonchev–Trinajstić information content (AvgIpc) is 3.32. The molecule has 2 heterocycles. The highest BCUT2D eigenvalue weighted by Crippen LogP contribution is 2.48. The molecule has 2 bridgehead atoms. The fourth-order valence-electron chi connectivity index (χ4n) is 6.42. The maximum atomic E-state index is 16.4. The zero-order chi connectivity index (χ0) is 26.7. The number of Topliss-reactive ketones (excluding diaryl/α,β-unsaturated/α-hetero) is 1. The number of hydrogen-bond donors (Lipinski definition) is 0. The predicted octanol–water partition coefficient (Wildman–Crippen LogP) is 5.85. The van der Waals surface area contributed by atoms with E-state index in [1.807, 2.05) is 26.0 Å². The third-order valence-corrected chi connectivity index (χ3v) is 8.17. The number of rotatable bonds is 12. The van der Waals surface area contributed by atoms with Crippen LogP contribution in [0.3, 0.4) is 0 Å². The van der Waals surface area contributed by atoms with Crippen molar-refractivity contribution in [3.05, 3.63) is 58.9 Å². The van der Waals surface area contributed by atoms with E-state index in [0.29, 0.717) is 61.6 Å². The van der Waals surface area contributed by atoms with Crippen LogP contribution < -0.4 is 9.47 Å². The van der Waals surface area contributed by atoms with Crippen molar-refractivity contribution in [2.45, 2.75) is 76.7 Å². The minimum absolute atomic E-state index is 0.0393. The van der Waals surface area contributed by atoms with Crippen LogP contribution in [0.2, 0.25) is 0 Å². The highest BCUT2D eigenvalue weighted by Gasteiger charge is 2.50. The quantitative estimate of drug-likeness (QED) is 0.254. The number of fused-ring (bicyclic) bond motifs is 3. The molecule has 0 aromatic heterocycles. The predicted molar refractivity (Wildman–Crippen MR) is 139 cm³/mol. The minimum atomic E-state index is -1.41. The van der Waals surface area contributed by atoms with Crippen LogP contribution in [-0.4, -0.2) is 55.2 Å². The Kier molecular flexibility index (Phi) is 8.31. The molecular weight excluding hydrogens is 492 g/mol. The van der Waals surface area contributed by atoms with Crippen molar-refractivity contribution in [2.75, 3.05) is 26.8 Å². The second-order valence-electron chi connectivity index (χ2n) is 10.6. The van der Waals surface area contributed by atoms with Gasteiger partial charge in [0.2, 0.25) is 0 Å². The van der Waals surface area contributed by atoms with Crippen molar-refractivity contribution < 1.29 is 32.5 Å². The Balaban J connectivity index is 1.27. The summed E-state index contributed by atoms with van der Waals surface area (Å²) in [7, 11) is 0. The molecule has 0 saturated carbocycles. The second kappa shape index (κ2) is 11.7. The number of nitrogens with zero attached hydrogens (tertiary/aromatic N) is 1. The Bertz CT molecular complexity index is 1130. The van der Waals surface area contributed by atoms with Gasteiger partial charge in [-0.05, 0) is 76.1 Å². The second-order valence-corrected chi connectivity index (χ2v) is 10.6. The Labute approximate surface area is 223 Å². The number of carbonyl (C=O) groups excluding carboxylic acids is 1. The van der Waals surface area contributed by atoms with E-state index in [-0.39, 0.29) is 43.7 Å². The first-order valence-electron chi connectivity index (χ1n) is 13.7. The number of alkyl halides is 1. The number of carbonyl (C=O) groups is 1. The number of hydrogen-bond acceptors (Lipinski definition) is 6. The molecule has 3 atom stereocenters. The standard InChI is InChI=1S/C30H37F2NO5/c1-3-35-18-37-27-12-21-11-22(29(34)25(21)13-28(27)38-19-36-4-2)14-30(32)15-23-9-10-24(16-30)33(23)17-20-7-5-6-8-26(20)31/h5-8,12-13,22-24H,3-4,9-11,14-19H2,1-2H3. The molecule has 5 rings (SSSR count). The zero-order valence-electron chi connectivity index (χ0n) is 22.2. The third kappa shape index (κ3) is 5.72. The number of ether oxygens (including phenoxy) is 4. The summed E-state index contributed by atoms with van der Waals surface area (Å²) < 4.78 is 52.8. The van der Waals surface area contributed by atoms with Gasteiger partial charge in [0.15, 0.2) is 30.9 Å². The molecule has 2 fully saturated rings. The highest BCUT2D eigenvalue weighted by atomic mass is 19.1. The van der Waals surface area contributed by atoms with Crippen molar-refractivity contribution >= 4 is 5.78 Å². The Morgan fingerprint density at radius 1 is 0.974 bits per heavy atom. The fourth-order valence-corrected chi connectivity index (χ4v) is 6.42. The number of ketones is 1. The summed E-state index contributed by atoms with van der Waals surface area (Å²) in [6, 6.07) is 10.5. The van der Waals surface area contributed by atoms with Crippen molar-refractivity contribution in [3.63, 3.8) is 0 Å². The lowest BCUT2D eigenvalue weighted by Crippen LogP contribution is -2.49. The van der Waals surface area contributed by atoms with E-state index in [9.17, 15) is 9.18 Å². The van der Waals surface area contributed by atoms with Gasteiger partial charge in [0, 0.05) is 48.9 Å². The minimum Gasteiger partial charge on any atom is -0.464 e. The molecule has 0 amide bonds. The van der Waals surface area contributed by atoms with Gasteiger partial charge in [0.05, 0.1) is 0 Å². The van der Waals surface area contributed by atoms with E-state index in [1.54, 1.807) is 18.2 Å². The van der Waals surface area contributed by atoms with Gasteiger partial charge in [-0.3, -0.25) is 9.69 Å². The molecule has 0 radical (unpaired) electrons. The largest absolute Gasteiger partial charge is 0.464 e. The summed E-state index contributed by atoms with van der Waals surface area (Å²) in [6.07, 6.45) is 3.25.